The predicted molar refractivity (Wildman–Crippen MR) is 91.8 cm³/mol. The van der Waals surface area contributed by atoms with Gasteiger partial charge in [0.2, 0.25) is 5.91 Å². The number of hydrogen-bond donors (Lipinski definition) is 2. The van der Waals surface area contributed by atoms with Crippen LogP contribution in [0.4, 0.5) is 5.69 Å². The molecule has 0 aliphatic rings. The van der Waals surface area contributed by atoms with E-state index in [-0.39, 0.29) is 5.91 Å². The molecule has 0 saturated heterocycles. The Morgan fingerprint density at radius 3 is 2.91 bits per heavy atom. The third-order valence-corrected chi connectivity index (χ3v) is 3.46. The highest BCUT2D eigenvalue weighted by Crippen LogP contribution is 2.28. The summed E-state index contributed by atoms with van der Waals surface area (Å²) in [4.78, 5) is 15.8. The first-order valence-corrected chi connectivity index (χ1v) is 7.82. The van der Waals surface area contributed by atoms with Crippen LogP contribution in [0.2, 0.25) is 5.02 Å². The number of amides is 1. The number of nitrogens with zero attached hydrogens (tertiary/aromatic N) is 1. The van der Waals surface area contributed by atoms with Crippen LogP contribution in [0.1, 0.15) is 18.4 Å². The standard InChI is InChI=1S/C17H20ClN3O2/c1-19-8-3-5-17(22)21-14-6-7-16(15(18)10-14)23-12-13-4-2-9-20-11-13/h2,4,6-7,9-11,19H,3,5,8,12H2,1H3,(H,21,22). The second kappa shape index (κ2) is 9.12. The summed E-state index contributed by atoms with van der Waals surface area (Å²) in [6.45, 7) is 1.21. The maximum atomic E-state index is 11.8. The summed E-state index contributed by atoms with van der Waals surface area (Å²) >= 11 is 6.20. The van der Waals surface area contributed by atoms with Crippen molar-refractivity contribution in [1.82, 2.24) is 10.3 Å². The van der Waals surface area contributed by atoms with E-state index >= 15 is 0 Å². The molecule has 0 fully saturated rings. The number of halogens is 1. The minimum absolute atomic E-state index is 0.0275. The van der Waals surface area contributed by atoms with Gasteiger partial charge >= 0.3 is 0 Å². The zero-order chi connectivity index (χ0) is 16.5. The number of benzene rings is 1. The molecular weight excluding hydrogens is 314 g/mol. The van der Waals surface area contributed by atoms with Crippen LogP contribution in [0.15, 0.2) is 42.7 Å². The van der Waals surface area contributed by atoms with Crippen molar-refractivity contribution in [3.8, 4) is 5.75 Å². The van der Waals surface area contributed by atoms with E-state index in [0.29, 0.717) is 29.5 Å². The number of anilines is 1. The second-order valence-electron chi connectivity index (χ2n) is 5.05. The number of aromatic nitrogens is 1. The molecule has 0 aliphatic heterocycles. The number of hydrogen-bond acceptors (Lipinski definition) is 4. The van der Waals surface area contributed by atoms with E-state index in [0.717, 1.165) is 18.5 Å². The molecule has 0 bridgehead atoms. The second-order valence-corrected chi connectivity index (χ2v) is 5.46. The molecule has 0 saturated carbocycles. The van der Waals surface area contributed by atoms with E-state index in [1.807, 2.05) is 19.2 Å². The Morgan fingerprint density at radius 2 is 2.22 bits per heavy atom. The molecule has 0 unspecified atom stereocenters. The lowest BCUT2D eigenvalue weighted by Crippen LogP contribution is -2.15. The number of carbonyl (C=O) groups is 1. The van der Waals surface area contributed by atoms with Crippen LogP contribution in [-0.2, 0) is 11.4 Å². The summed E-state index contributed by atoms with van der Waals surface area (Å²) in [5.41, 5.74) is 1.63. The van der Waals surface area contributed by atoms with Gasteiger partial charge in [0.15, 0.2) is 0 Å². The molecule has 0 aliphatic carbocycles. The van der Waals surface area contributed by atoms with Crippen LogP contribution in [0, 0.1) is 0 Å². The van der Waals surface area contributed by atoms with Gasteiger partial charge in [0, 0.05) is 30.1 Å². The maximum Gasteiger partial charge on any atom is 0.224 e. The van der Waals surface area contributed by atoms with Crippen LogP contribution in [-0.4, -0.2) is 24.5 Å². The maximum absolute atomic E-state index is 11.8. The van der Waals surface area contributed by atoms with Gasteiger partial charge in [0.25, 0.3) is 0 Å². The fraction of sp³-hybridized carbons (Fsp3) is 0.294. The highest BCUT2D eigenvalue weighted by atomic mass is 35.5. The summed E-state index contributed by atoms with van der Waals surface area (Å²) < 4.78 is 5.67. The van der Waals surface area contributed by atoms with E-state index in [4.69, 9.17) is 16.3 Å². The Bertz CT molecular complexity index is 635. The molecule has 122 valence electrons. The van der Waals surface area contributed by atoms with Crippen LogP contribution >= 0.6 is 11.6 Å². The van der Waals surface area contributed by atoms with E-state index in [1.54, 1.807) is 30.6 Å². The smallest absolute Gasteiger partial charge is 0.224 e. The number of pyridine rings is 1. The van der Waals surface area contributed by atoms with Gasteiger partial charge in [-0.25, -0.2) is 0 Å². The monoisotopic (exact) mass is 333 g/mol. The molecule has 1 aromatic carbocycles. The molecule has 1 amide bonds. The quantitative estimate of drug-likeness (QED) is 0.728. The summed E-state index contributed by atoms with van der Waals surface area (Å²) in [5, 5.41) is 6.29. The van der Waals surface area contributed by atoms with Crippen LogP contribution in [0.5, 0.6) is 5.75 Å². The Labute approximate surface area is 141 Å². The van der Waals surface area contributed by atoms with Gasteiger partial charge in [0.05, 0.1) is 5.02 Å². The summed E-state index contributed by atoms with van der Waals surface area (Å²) in [5.74, 6) is 0.545. The van der Waals surface area contributed by atoms with E-state index in [2.05, 4.69) is 15.6 Å². The number of rotatable bonds is 8. The van der Waals surface area contributed by atoms with Gasteiger partial charge < -0.3 is 15.4 Å². The topological polar surface area (TPSA) is 63.2 Å². The predicted octanol–water partition coefficient (Wildman–Crippen LogP) is 3.25. The van der Waals surface area contributed by atoms with Crippen molar-refractivity contribution < 1.29 is 9.53 Å². The molecule has 1 aromatic heterocycles. The van der Waals surface area contributed by atoms with Crippen molar-refractivity contribution in [2.24, 2.45) is 0 Å². The lowest BCUT2D eigenvalue weighted by Gasteiger charge is -2.10. The normalized spacial score (nSPS) is 10.3. The first-order chi connectivity index (χ1) is 11.2. The SMILES string of the molecule is CNCCCC(=O)Nc1ccc(OCc2cccnc2)c(Cl)c1. The molecule has 0 radical (unpaired) electrons. The number of carbonyl (C=O) groups excluding carboxylic acids is 1. The minimum Gasteiger partial charge on any atom is -0.487 e. The molecule has 5 nitrogen and oxygen atoms in total. The molecule has 0 atom stereocenters. The molecule has 2 aromatic rings. The Balaban J connectivity index is 1.88. The summed E-state index contributed by atoms with van der Waals surface area (Å²) in [6, 6.07) is 9.01. The molecule has 2 N–H and O–H groups in total. The van der Waals surface area contributed by atoms with Crippen LogP contribution < -0.4 is 15.4 Å². The fourth-order valence-corrected chi connectivity index (χ4v) is 2.22. The zero-order valence-electron chi connectivity index (χ0n) is 13.0. The molecular formula is C17H20ClN3O2. The molecule has 23 heavy (non-hydrogen) atoms. The fourth-order valence-electron chi connectivity index (χ4n) is 1.99. The molecule has 6 heteroatoms. The van der Waals surface area contributed by atoms with Crippen molar-refractivity contribution in [1.29, 1.82) is 0 Å². The number of ether oxygens (including phenoxy) is 1. The third-order valence-electron chi connectivity index (χ3n) is 3.16. The largest absolute Gasteiger partial charge is 0.487 e. The van der Waals surface area contributed by atoms with Gasteiger partial charge in [-0.2, -0.15) is 0 Å². The summed E-state index contributed by atoms with van der Waals surface area (Å²) in [7, 11) is 1.86. The van der Waals surface area contributed by atoms with Crippen molar-refractivity contribution in [3.05, 3.63) is 53.3 Å². The first-order valence-electron chi connectivity index (χ1n) is 7.45. The Morgan fingerprint density at radius 1 is 1.35 bits per heavy atom. The number of nitrogens with one attached hydrogen (secondary N) is 2. The van der Waals surface area contributed by atoms with E-state index in [9.17, 15) is 4.79 Å². The lowest BCUT2D eigenvalue weighted by molar-refractivity contribution is -0.116. The van der Waals surface area contributed by atoms with Gasteiger partial charge in [-0.15, -0.1) is 0 Å². The Hall–Kier alpha value is -2.11. The zero-order valence-corrected chi connectivity index (χ0v) is 13.8. The average Bonchev–Trinajstić information content (AvgIpc) is 2.55. The Kier molecular flexibility index (Phi) is 6.84. The first kappa shape index (κ1) is 17.2. The highest BCUT2D eigenvalue weighted by molar-refractivity contribution is 6.32. The van der Waals surface area contributed by atoms with Gasteiger partial charge in [0.1, 0.15) is 12.4 Å². The minimum atomic E-state index is -0.0275. The van der Waals surface area contributed by atoms with E-state index < -0.39 is 0 Å². The lowest BCUT2D eigenvalue weighted by atomic mass is 10.2. The van der Waals surface area contributed by atoms with Crippen LogP contribution in [0.25, 0.3) is 0 Å². The third kappa shape index (κ3) is 5.88. The van der Waals surface area contributed by atoms with Gasteiger partial charge in [-0.05, 0) is 44.3 Å². The van der Waals surface area contributed by atoms with Gasteiger partial charge in [-0.3, -0.25) is 9.78 Å². The van der Waals surface area contributed by atoms with Gasteiger partial charge in [-0.1, -0.05) is 17.7 Å². The average molecular weight is 334 g/mol. The van der Waals surface area contributed by atoms with Crippen molar-refractivity contribution in [2.45, 2.75) is 19.4 Å². The van der Waals surface area contributed by atoms with Crippen molar-refractivity contribution in [2.75, 3.05) is 18.9 Å². The van der Waals surface area contributed by atoms with E-state index in [1.165, 1.54) is 0 Å². The highest BCUT2D eigenvalue weighted by Gasteiger charge is 2.06. The van der Waals surface area contributed by atoms with Crippen molar-refractivity contribution >= 4 is 23.2 Å². The molecule has 1 heterocycles. The van der Waals surface area contributed by atoms with Crippen molar-refractivity contribution in [3.63, 3.8) is 0 Å². The molecule has 2 rings (SSSR count). The molecule has 0 spiro atoms. The van der Waals surface area contributed by atoms with Crippen LogP contribution in [0.3, 0.4) is 0 Å². The summed E-state index contributed by atoms with van der Waals surface area (Å²) in [6.07, 6.45) is 4.72.